The van der Waals surface area contributed by atoms with Crippen LogP contribution in [0.4, 0.5) is 4.79 Å². The van der Waals surface area contributed by atoms with Gasteiger partial charge in [0.05, 0.1) is 12.2 Å². The van der Waals surface area contributed by atoms with Crippen LogP contribution in [0.25, 0.3) is 5.65 Å². The van der Waals surface area contributed by atoms with Gasteiger partial charge in [0, 0.05) is 12.3 Å². The van der Waals surface area contributed by atoms with Crippen LogP contribution >= 0.6 is 0 Å². The van der Waals surface area contributed by atoms with Gasteiger partial charge >= 0.3 is 6.03 Å². The predicted molar refractivity (Wildman–Crippen MR) is 83.9 cm³/mol. The Balaban J connectivity index is 1.94. The average Bonchev–Trinajstić information content (AvgIpc) is 2.75. The Hall–Kier alpha value is -2.70. The molecule has 1 aliphatic rings. The molecule has 1 fully saturated rings. The first-order valence-electron chi connectivity index (χ1n) is 7.47. The maximum Gasteiger partial charge on any atom is 0.325 e. The number of hydrogen-bond donors (Lipinski definition) is 1. The van der Waals surface area contributed by atoms with Crippen LogP contribution in [0.1, 0.15) is 25.1 Å². The summed E-state index contributed by atoms with van der Waals surface area (Å²) in [6.07, 6.45) is 1.66. The fraction of sp³-hybridized carbons (Fsp3) is 0.375. The molecule has 120 valence electrons. The Morgan fingerprint density at radius 3 is 2.65 bits per heavy atom. The summed E-state index contributed by atoms with van der Waals surface area (Å²) in [6, 6.07) is 3.99. The number of pyridine rings is 1. The summed E-state index contributed by atoms with van der Waals surface area (Å²) in [7, 11) is 0. The molecular formula is C16H18N4O3. The van der Waals surface area contributed by atoms with Crippen molar-refractivity contribution in [2.45, 2.75) is 33.4 Å². The summed E-state index contributed by atoms with van der Waals surface area (Å²) in [5.41, 5.74) is 1.63. The van der Waals surface area contributed by atoms with Crippen LogP contribution < -0.4 is 10.9 Å². The Morgan fingerprint density at radius 2 is 2.00 bits per heavy atom. The van der Waals surface area contributed by atoms with Gasteiger partial charge in [0.2, 0.25) is 0 Å². The maximum absolute atomic E-state index is 12.3. The molecule has 0 aliphatic carbocycles. The van der Waals surface area contributed by atoms with E-state index in [-0.39, 0.29) is 23.9 Å². The molecule has 2 aromatic rings. The number of carbonyl (C=O) groups is 2. The zero-order valence-corrected chi connectivity index (χ0v) is 13.2. The molecule has 0 aromatic carbocycles. The highest BCUT2D eigenvalue weighted by molar-refractivity contribution is 6.04. The van der Waals surface area contributed by atoms with Crippen molar-refractivity contribution in [2.75, 3.05) is 0 Å². The molecule has 1 atom stereocenters. The first-order chi connectivity index (χ1) is 10.9. The van der Waals surface area contributed by atoms with Gasteiger partial charge in [0.25, 0.3) is 11.5 Å². The molecule has 1 aliphatic heterocycles. The lowest BCUT2D eigenvalue weighted by atomic mass is 10.1. The minimum atomic E-state index is -0.522. The highest BCUT2D eigenvalue weighted by atomic mass is 16.2. The third-order valence-electron chi connectivity index (χ3n) is 3.92. The van der Waals surface area contributed by atoms with Gasteiger partial charge in [-0.1, -0.05) is 13.8 Å². The van der Waals surface area contributed by atoms with E-state index in [1.807, 2.05) is 26.8 Å². The molecule has 1 N–H and O–H groups in total. The second-order valence-corrected chi connectivity index (χ2v) is 6.11. The number of urea groups is 1. The van der Waals surface area contributed by atoms with E-state index in [2.05, 4.69) is 10.3 Å². The van der Waals surface area contributed by atoms with Crippen molar-refractivity contribution in [1.29, 1.82) is 0 Å². The summed E-state index contributed by atoms with van der Waals surface area (Å²) in [4.78, 5) is 41.9. The van der Waals surface area contributed by atoms with Crippen molar-refractivity contribution in [3.8, 4) is 0 Å². The molecule has 0 saturated carbocycles. The second-order valence-electron chi connectivity index (χ2n) is 6.11. The van der Waals surface area contributed by atoms with Crippen LogP contribution in [0.15, 0.2) is 29.2 Å². The number of fused-ring (bicyclic) bond motifs is 1. The van der Waals surface area contributed by atoms with Crippen molar-refractivity contribution >= 4 is 17.6 Å². The molecule has 3 heterocycles. The van der Waals surface area contributed by atoms with E-state index < -0.39 is 12.1 Å². The van der Waals surface area contributed by atoms with E-state index in [1.165, 1.54) is 10.5 Å². The van der Waals surface area contributed by atoms with Gasteiger partial charge in [-0.15, -0.1) is 0 Å². The Bertz CT molecular complexity index is 856. The topological polar surface area (TPSA) is 83.8 Å². The Labute approximate surface area is 132 Å². The minimum Gasteiger partial charge on any atom is -0.326 e. The standard InChI is InChI=1S/C16H18N4O3/c1-9(2)14-15(22)20(16(23)18-14)8-11-7-13(21)19-5-4-10(3)6-12(19)17-11/h4-7,9,14H,8H2,1-3H3,(H,18,23). The quantitative estimate of drug-likeness (QED) is 0.859. The molecule has 2 aromatic heterocycles. The van der Waals surface area contributed by atoms with Crippen molar-refractivity contribution in [3.05, 3.63) is 46.0 Å². The predicted octanol–water partition coefficient (Wildman–Crippen LogP) is 1.08. The van der Waals surface area contributed by atoms with E-state index in [4.69, 9.17) is 0 Å². The lowest BCUT2D eigenvalue weighted by Crippen LogP contribution is -2.34. The van der Waals surface area contributed by atoms with Crippen molar-refractivity contribution in [2.24, 2.45) is 5.92 Å². The zero-order chi connectivity index (χ0) is 16.7. The number of hydrogen-bond acceptors (Lipinski definition) is 4. The summed E-state index contributed by atoms with van der Waals surface area (Å²) in [5.74, 6) is -0.273. The van der Waals surface area contributed by atoms with Crippen LogP contribution in [0, 0.1) is 12.8 Å². The van der Waals surface area contributed by atoms with Gasteiger partial charge in [-0.05, 0) is 30.5 Å². The van der Waals surface area contributed by atoms with E-state index in [0.29, 0.717) is 11.3 Å². The first-order valence-corrected chi connectivity index (χ1v) is 7.47. The van der Waals surface area contributed by atoms with Crippen molar-refractivity contribution < 1.29 is 9.59 Å². The lowest BCUT2D eigenvalue weighted by Gasteiger charge is -2.14. The molecule has 1 unspecified atom stereocenters. The number of aromatic nitrogens is 2. The summed E-state index contributed by atoms with van der Waals surface area (Å²) < 4.78 is 1.43. The molecular weight excluding hydrogens is 296 g/mol. The van der Waals surface area contributed by atoms with Crippen LogP contribution in [0.2, 0.25) is 0 Å². The van der Waals surface area contributed by atoms with Gasteiger partial charge in [-0.3, -0.25) is 18.9 Å². The molecule has 23 heavy (non-hydrogen) atoms. The fourth-order valence-electron chi connectivity index (χ4n) is 2.64. The highest BCUT2D eigenvalue weighted by Gasteiger charge is 2.39. The van der Waals surface area contributed by atoms with E-state index in [0.717, 1.165) is 10.5 Å². The molecule has 1 saturated heterocycles. The van der Waals surface area contributed by atoms with Gasteiger partial charge in [0.15, 0.2) is 0 Å². The lowest BCUT2D eigenvalue weighted by molar-refractivity contribution is -0.128. The van der Waals surface area contributed by atoms with Crippen LogP contribution in [0.3, 0.4) is 0 Å². The normalized spacial score (nSPS) is 18.1. The third kappa shape index (κ3) is 2.69. The number of amides is 3. The number of nitrogens with one attached hydrogen (secondary N) is 1. The zero-order valence-electron chi connectivity index (χ0n) is 13.2. The summed E-state index contributed by atoms with van der Waals surface area (Å²) in [5, 5.41) is 2.66. The molecule has 0 bridgehead atoms. The Kier molecular flexibility index (Phi) is 3.63. The molecule has 3 rings (SSSR count). The first kappa shape index (κ1) is 15.2. The van der Waals surface area contributed by atoms with Crippen LogP contribution in [-0.2, 0) is 11.3 Å². The number of carbonyl (C=O) groups excluding carboxylic acids is 2. The van der Waals surface area contributed by atoms with E-state index in [1.54, 1.807) is 12.3 Å². The smallest absolute Gasteiger partial charge is 0.325 e. The maximum atomic E-state index is 12.3. The fourth-order valence-corrected chi connectivity index (χ4v) is 2.64. The van der Waals surface area contributed by atoms with Gasteiger partial charge < -0.3 is 5.32 Å². The number of imide groups is 1. The number of rotatable bonds is 3. The van der Waals surface area contributed by atoms with E-state index >= 15 is 0 Å². The van der Waals surface area contributed by atoms with Gasteiger partial charge in [-0.25, -0.2) is 9.78 Å². The summed E-state index contributed by atoms with van der Waals surface area (Å²) >= 11 is 0. The molecule has 3 amide bonds. The summed E-state index contributed by atoms with van der Waals surface area (Å²) in [6.45, 7) is 5.64. The molecule has 7 heteroatoms. The highest BCUT2D eigenvalue weighted by Crippen LogP contribution is 2.16. The molecule has 0 radical (unpaired) electrons. The van der Waals surface area contributed by atoms with Crippen molar-refractivity contribution in [1.82, 2.24) is 19.6 Å². The van der Waals surface area contributed by atoms with Gasteiger partial charge in [0.1, 0.15) is 11.7 Å². The average molecular weight is 314 g/mol. The SMILES string of the molecule is Cc1ccn2c(=O)cc(CN3C(=O)NC(C(C)C)C3=O)nc2c1. The Morgan fingerprint density at radius 1 is 1.26 bits per heavy atom. The van der Waals surface area contributed by atoms with E-state index in [9.17, 15) is 14.4 Å². The molecule has 0 spiro atoms. The molecule has 7 nitrogen and oxygen atoms in total. The van der Waals surface area contributed by atoms with Crippen LogP contribution in [-0.4, -0.2) is 32.3 Å². The largest absolute Gasteiger partial charge is 0.326 e. The van der Waals surface area contributed by atoms with Crippen LogP contribution in [0.5, 0.6) is 0 Å². The number of aryl methyl sites for hydroxylation is 1. The van der Waals surface area contributed by atoms with Gasteiger partial charge in [-0.2, -0.15) is 0 Å². The second kappa shape index (κ2) is 5.49. The van der Waals surface area contributed by atoms with Crippen molar-refractivity contribution in [3.63, 3.8) is 0 Å². The number of nitrogens with zero attached hydrogens (tertiary/aromatic N) is 3. The third-order valence-corrected chi connectivity index (χ3v) is 3.92. The monoisotopic (exact) mass is 314 g/mol. The minimum absolute atomic E-state index is 0.00638.